The first-order valence-electron chi connectivity index (χ1n) is 8.77. The number of nitrogens with zero attached hydrogens (tertiary/aromatic N) is 1. The topological polar surface area (TPSA) is 32.3 Å². The van der Waals surface area contributed by atoms with E-state index < -0.39 is 0 Å². The summed E-state index contributed by atoms with van der Waals surface area (Å²) in [4.78, 5) is 14.2. The van der Waals surface area contributed by atoms with Gasteiger partial charge in [0.15, 0.2) is 0 Å². The van der Waals surface area contributed by atoms with Crippen molar-refractivity contribution in [2.45, 2.75) is 97.2 Å². The van der Waals surface area contributed by atoms with Crippen LogP contribution in [0.4, 0.5) is 0 Å². The highest BCUT2D eigenvalue weighted by molar-refractivity contribution is 5.84. The van der Waals surface area contributed by atoms with Crippen LogP contribution in [0.15, 0.2) is 0 Å². The van der Waals surface area contributed by atoms with Gasteiger partial charge in [0.25, 0.3) is 0 Å². The van der Waals surface area contributed by atoms with Crippen LogP contribution in [-0.2, 0) is 4.79 Å². The molecule has 0 aromatic heterocycles. The van der Waals surface area contributed by atoms with Crippen LogP contribution in [0.1, 0.15) is 85.0 Å². The van der Waals surface area contributed by atoms with Gasteiger partial charge in [0.2, 0.25) is 5.91 Å². The molecule has 118 valence electrons. The van der Waals surface area contributed by atoms with Crippen molar-refractivity contribution in [2.75, 3.05) is 6.54 Å². The highest BCUT2D eigenvalue weighted by Crippen LogP contribution is 2.16. The van der Waals surface area contributed by atoms with Crippen LogP contribution >= 0.6 is 0 Å². The van der Waals surface area contributed by atoms with Gasteiger partial charge in [0.05, 0.1) is 12.2 Å². The second kappa shape index (κ2) is 10.2. The third kappa shape index (κ3) is 5.82. The highest BCUT2D eigenvalue weighted by atomic mass is 16.2. The first-order valence-corrected chi connectivity index (χ1v) is 8.77. The quantitative estimate of drug-likeness (QED) is 0.579. The van der Waals surface area contributed by atoms with Crippen LogP contribution in [0.5, 0.6) is 0 Å². The molecule has 1 N–H and O–H groups in total. The predicted octanol–water partition coefficient (Wildman–Crippen LogP) is 4.07. The van der Waals surface area contributed by atoms with E-state index in [4.69, 9.17) is 0 Å². The second-order valence-electron chi connectivity index (χ2n) is 6.19. The van der Waals surface area contributed by atoms with Gasteiger partial charge in [-0.3, -0.25) is 10.1 Å². The van der Waals surface area contributed by atoms with Crippen LogP contribution in [0.3, 0.4) is 0 Å². The zero-order chi connectivity index (χ0) is 14.8. The monoisotopic (exact) mass is 282 g/mol. The molecule has 2 atom stereocenters. The second-order valence-corrected chi connectivity index (χ2v) is 6.19. The van der Waals surface area contributed by atoms with Crippen molar-refractivity contribution in [3.05, 3.63) is 0 Å². The number of hydrogen-bond donors (Lipinski definition) is 1. The van der Waals surface area contributed by atoms with E-state index in [1.165, 1.54) is 44.9 Å². The van der Waals surface area contributed by atoms with Crippen LogP contribution in [0.2, 0.25) is 0 Å². The molecule has 1 fully saturated rings. The Hall–Kier alpha value is -0.570. The third-order valence-electron chi connectivity index (χ3n) is 4.32. The fourth-order valence-corrected chi connectivity index (χ4v) is 3.06. The lowest BCUT2D eigenvalue weighted by Gasteiger charge is -2.20. The van der Waals surface area contributed by atoms with Crippen LogP contribution in [-0.4, -0.2) is 29.6 Å². The Bertz CT molecular complexity index is 268. The lowest BCUT2D eigenvalue weighted by atomic mass is 10.1. The predicted molar refractivity (Wildman–Crippen MR) is 85.6 cm³/mol. The molecule has 0 aliphatic carbocycles. The lowest BCUT2D eigenvalue weighted by Crippen LogP contribution is -2.35. The summed E-state index contributed by atoms with van der Waals surface area (Å²) in [7, 11) is 0. The summed E-state index contributed by atoms with van der Waals surface area (Å²) in [5.41, 5.74) is 0. The normalized spacial score (nSPS) is 22.8. The van der Waals surface area contributed by atoms with Gasteiger partial charge in [-0.1, -0.05) is 65.2 Å². The summed E-state index contributed by atoms with van der Waals surface area (Å²) < 4.78 is 0. The molecule has 0 radical (unpaired) electrons. The Balaban J connectivity index is 2.08. The van der Waals surface area contributed by atoms with Gasteiger partial charge < -0.3 is 4.90 Å². The fourth-order valence-electron chi connectivity index (χ4n) is 3.06. The molecule has 0 aromatic rings. The Morgan fingerprint density at radius 3 is 2.15 bits per heavy atom. The van der Waals surface area contributed by atoms with E-state index in [0.29, 0.717) is 5.91 Å². The number of unbranched alkanes of at least 4 members (excludes halogenated alkanes) is 7. The Morgan fingerprint density at radius 2 is 1.55 bits per heavy atom. The van der Waals surface area contributed by atoms with E-state index in [1.54, 1.807) is 0 Å². The standard InChI is InChI=1S/C17H34N2O/c1-4-6-7-8-9-10-11-12-14-19-15(3)18-16(13-5-2)17(19)20/h15-16,18H,4-14H2,1-3H3. The molecular formula is C17H34N2O. The molecular weight excluding hydrogens is 248 g/mol. The maximum absolute atomic E-state index is 12.2. The van der Waals surface area contributed by atoms with E-state index in [1.807, 2.05) is 4.90 Å². The van der Waals surface area contributed by atoms with E-state index in [2.05, 4.69) is 26.1 Å². The van der Waals surface area contributed by atoms with Crippen molar-refractivity contribution < 1.29 is 4.79 Å². The molecule has 1 rings (SSSR count). The molecule has 0 aromatic carbocycles. The molecule has 20 heavy (non-hydrogen) atoms. The maximum atomic E-state index is 12.2. The molecule has 1 heterocycles. The number of carbonyl (C=O) groups is 1. The summed E-state index contributed by atoms with van der Waals surface area (Å²) in [6, 6.07) is 0.0732. The van der Waals surface area contributed by atoms with Gasteiger partial charge in [-0.2, -0.15) is 0 Å². The minimum Gasteiger partial charge on any atom is -0.326 e. The van der Waals surface area contributed by atoms with Gasteiger partial charge in [-0.05, 0) is 19.8 Å². The van der Waals surface area contributed by atoms with Crippen molar-refractivity contribution in [1.29, 1.82) is 0 Å². The highest BCUT2D eigenvalue weighted by Gasteiger charge is 2.34. The minimum atomic E-state index is 0.0732. The number of amides is 1. The van der Waals surface area contributed by atoms with Crippen molar-refractivity contribution in [3.63, 3.8) is 0 Å². The summed E-state index contributed by atoms with van der Waals surface area (Å²) in [6.07, 6.45) is 12.8. The molecule has 1 aliphatic heterocycles. The first-order chi connectivity index (χ1) is 9.70. The molecule has 1 aliphatic rings. The van der Waals surface area contributed by atoms with E-state index in [-0.39, 0.29) is 12.2 Å². The Kier molecular flexibility index (Phi) is 8.92. The summed E-state index contributed by atoms with van der Waals surface area (Å²) >= 11 is 0. The largest absolute Gasteiger partial charge is 0.326 e. The molecule has 0 bridgehead atoms. The van der Waals surface area contributed by atoms with E-state index >= 15 is 0 Å². The molecule has 3 nitrogen and oxygen atoms in total. The van der Waals surface area contributed by atoms with E-state index in [0.717, 1.165) is 25.8 Å². The van der Waals surface area contributed by atoms with E-state index in [9.17, 15) is 4.79 Å². The average Bonchev–Trinajstić information content (AvgIpc) is 2.69. The van der Waals surface area contributed by atoms with Crippen molar-refractivity contribution in [3.8, 4) is 0 Å². The van der Waals surface area contributed by atoms with Gasteiger partial charge in [-0.25, -0.2) is 0 Å². The summed E-state index contributed by atoms with van der Waals surface area (Å²) in [6.45, 7) is 7.44. The summed E-state index contributed by atoms with van der Waals surface area (Å²) in [5.74, 6) is 0.322. The van der Waals surface area contributed by atoms with Crippen LogP contribution in [0.25, 0.3) is 0 Å². The molecule has 2 unspecified atom stereocenters. The molecule has 1 saturated heterocycles. The number of rotatable bonds is 11. The maximum Gasteiger partial charge on any atom is 0.241 e. The van der Waals surface area contributed by atoms with Crippen molar-refractivity contribution in [2.24, 2.45) is 0 Å². The summed E-state index contributed by atoms with van der Waals surface area (Å²) in [5, 5.41) is 3.41. The van der Waals surface area contributed by atoms with Crippen LogP contribution in [0, 0.1) is 0 Å². The van der Waals surface area contributed by atoms with Crippen molar-refractivity contribution in [1.82, 2.24) is 10.2 Å². The van der Waals surface area contributed by atoms with Gasteiger partial charge in [0.1, 0.15) is 0 Å². The fraction of sp³-hybridized carbons (Fsp3) is 0.941. The number of nitrogens with one attached hydrogen (secondary N) is 1. The van der Waals surface area contributed by atoms with Crippen LogP contribution < -0.4 is 5.32 Å². The molecule has 3 heteroatoms. The zero-order valence-electron chi connectivity index (χ0n) is 13.8. The molecule has 0 spiro atoms. The molecule has 1 amide bonds. The van der Waals surface area contributed by atoms with Crippen molar-refractivity contribution >= 4 is 5.91 Å². The lowest BCUT2D eigenvalue weighted by molar-refractivity contribution is -0.130. The average molecular weight is 282 g/mol. The zero-order valence-corrected chi connectivity index (χ0v) is 13.8. The van der Waals surface area contributed by atoms with Gasteiger partial charge in [-0.15, -0.1) is 0 Å². The number of hydrogen-bond acceptors (Lipinski definition) is 2. The third-order valence-corrected chi connectivity index (χ3v) is 4.32. The van der Waals surface area contributed by atoms with Gasteiger partial charge in [0, 0.05) is 6.54 Å². The first kappa shape index (κ1) is 17.5. The Labute approximate surface area is 125 Å². The SMILES string of the molecule is CCCCCCCCCCN1C(=O)C(CCC)NC1C. The minimum absolute atomic E-state index is 0.0732. The number of carbonyl (C=O) groups excluding carboxylic acids is 1. The smallest absolute Gasteiger partial charge is 0.241 e. The Morgan fingerprint density at radius 1 is 0.950 bits per heavy atom. The van der Waals surface area contributed by atoms with Gasteiger partial charge >= 0.3 is 0 Å². The molecule has 0 saturated carbocycles.